The van der Waals surface area contributed by atoms with Crippen molar-refractivity contribution in [1.29, 1.82) is 0 Å². The van der Waals surface area contributed by atoms with Gasteiger partial charge in [-0.25, -0.2) is 4.98 Å². The molecule has 0 bridgehead atoms. The van der Waals surface area contributed by atoms with Crippen molar-refractivity contribution >= 4 is 63.0 Å². The molecular formula is C22H30IN6O3P. The van der Waals surface area contributed by atoms with E-state index < -0.39 is 5.97 Å². The number of carboxylic acid groups (broad SMARTS) is 1. The van der Waals surface area contributed by atoms with Crippen molar-refractivity contribution in [3.05, 3.63) is 30.6 Å². The van der Waals surface area contributed by atoms with E-state index >= 15 is 0 Å². The molecule has 1 aromatic carbocycles. The Bertz CT molecular complexity index is 1070. The minimum absolute atomic E-state index is 0.163. The van der Waals surface area contributed by atoms with Crippen LogP contribution in [0, 0.1) is 0 Å². The molecule has 1 unspecified atom stereocenters. The standard InChI is InChI=1S/C22H30IN6O3P/c1-22(2,3)28-19-18-20(29(33-23)14-24-18)27-21(26-19)25-15-9-11-16(12-10-15)32-13-7-5-4-6-8-17(30)31/h9-12,14,33H,4-8,13H2,1-3H3,(H,30,31)(H2,25,26,27,28). The highest BCUT2D eigenvalue weighted by Gasteiger charge is 2.18. The molecule has 0 saturated heterocycles. The first-order valence-corrected chi connectivity index (χ1v) is 14.9. The number of aliphatic carboxylic acids is 1. The number of carboxylic acids is 1. The first-order valence-electron chi connectivity index (χ1n) is 10.9. The molecule has 178 valence electrons. The third-order valence-corrected chi connectivity index (χ3v) is 6.71. The Hall–Kier alpha value is -2.20. The number of carbonyl (C=O) groups is 1. The number of rotatable bonds is 12. The lowest BCUT2D eigenvalue weighted by molar-refractivity contribution is -0.137. The predicted molar refractivity (Wildman–Crippen MR) is 142 cm³/mol. The summed E-state index contributed by atoms with van der Waals surface area (Å²) in [5.74, 6) is 1.26. The number of halogens is 1. The first kappa shape index (κ1) is 25.4. The molecule has 3 aromatic rings. The lowest BCUT2D eigenvalue weighted by Crippen LogP contribution is -2.27. The average Bonchev–Trinajstić information content (AvgIpc) is 3.16. The number of fused-ring (bicyclic) bond motifs is 1. The fraction of sp³-hybridized carbons (Fsp3) is 0.455. The van der Waals surface area contributed by atoms with Gasteiger partial charge in [0.25, 0.3) is 0 Å². The summed E-state index contributed by atoms with van der Waals surface area (Å²) in [7, 11) is 0. The van der Waals surface area contributed by atoms with Crippen LogP contribution in [0.5, 0.6) is 5.75 Å². The van der Waals surface area contributed by atoms with Gasteiger partial charge in [0, 0.05) is 17.6 Å². The highest BCUT2D eigenvalue weighted by atomic mass is 127. The van der Waals surface area contributed by atoms with Crippen LogP contribution in [0.3, 0.4) is 0 Å². The minimum atomic E-state index is -0.733. The third-order valence-electron chi connectivity index (χ3n) is 4.64. The van der Waals surface area contributed by atoms with E-state index in [2.05, 4.69) is 68.4 Å². The predicted octanol–water partition coefficient (Wildman–Crippen LogP) is 5.99. The maximum atomic E-state index is 10.5. The Labute approximate surface area is 208 Å². The molecule has 0 spiro atoms. The van der Waals surface area contributed by atoms with Gasteiger partial charge in [0.2, 0.25) is 5.95 Å². The molecule has 0 aliphatic heterocycles. The number of aromatic nitrogens is 4. The maximum absolute atomic E-state index is 10.5. The molecule has 2 heterocycles. The molecule has 9 nitrogen and oxygen atoms in total. The van der Waals surface area contributed by atoms with Crippen molar-refractivity contribution < 1.29 is 14.6 Å². The van der Waals surface area contributed by atoms with Gasteiger partial charge in [-0.3, -0.25) is 9.13 Å². The summed E-state index contributed by atoms with van der Waals surface area (Å²) in [4.78, 5) is 24.4. The van der Waals surface area contributed by atoms with Crippen LogP contribution in [-0.2, 0) is 4.79 Å². The van der Waals surface area contributed by atoms with Crippen LogP contribution in [0.15, 0.2) is 30.6 Å². The Morgan fingerprint density at radius 1 is 1.15 bits per heavy atom. The monoisotopic (exact) mass is 584 g/mol. The van der Waals surface area contributed by atoms with Crippen LogP contribution < -0.4 is 15.4 Å². The molecule has 0 aliphatic rings. The number of ether oxygens (including phenoxy) is 1. The van der Waals surface area contributed by atoms with Crippen LogP contribution >= 0.6 is 28.4 Å². The largest absolute Gasteiger partial charge is 0.494 e. The molecule has 0 fully saturated rings. The van der Waals surface area contributed by atoms with Gasteiger partial charge >= 0.3 is 5.97 Å². The SMILES string of the molecule is CC(C)(C)Nc1nc(Nc2ccc(OCCCCCCC(=O)O)cc2)nc2c1ncn2PI. The van der Waals surface area contributed by atoms with E-state index in [-0.39, 0.29) is 12.0 Å². The number of benzene rings is 1. The Kier molecular flexibility index (Phi) is 9.08. The number of nitrogens with one attached hydrogen (secondary N) is 2. The van der Waals surface area contributed by atoms with E-state index in [1.54, 1.807) is 6.33 Å². The molecule has 0 radical (unpaired) electrons. The van der Waals surface area contributed by atoms with Gasteiger partial charge in [0.05, 0.1) is 13.0 Å². The van der Waals surface area contributed by atoms with E-state index in [0.29, 0.717) is 24.7 Å². The smallest absolute Gasteiger partial charge is 0.303 e. The van der Waals surface area contributed by atoms with E-state index in [1.165, 1.54) is 0 Å². The Balaban J connectivity index is 1.61. The fourth-order valence-electron chi connectivity index (χ4n) is 3.15. The zero-order valence-corrected chi connectivity index (χ0v) is 22.2. The second-order valence-corrected chi connectivity index (χ2v) is 10.8. The third kappa shape index (κ3) is 7.96. The topological polar surface area (TPSA) is 114 Å². The zero-order chi connectivity index (χ0) is 23.8. The quantitative estimate of drug-likeness (QED) is 0.135. The van der Waals surface area contributed by atoms with E-state index in [0.717, 1.165) is 48.3 Å². The number of anilines is 3. The molecule has 0 amide bonds. The second kappa shape index (κ2) is 11.8. The summed E-state index contributed by atoms with van der Waals surface area (Å²) in [6, 6.07) is 7.69. The lowest BCUT2D eigenvalue weighted by atomic mass is 10.1. The molecule has 33 heavy (non-hydrogen) atoms. The molecule has 3 N–H and O–H groups in total. The van der Waals surface area contributed by atoms with Gasteiger partial charge in [0.15, 0.2) is 17.0 Å². The first-order chi connectivity index (χ1) is 15.7. The van der Waals surface area contributed by atoms with Gasteiger partial charge in [-0.15, -0.1) is 0 Å². The van der Waals surface area contributed by atoms with Crippen LogP contribution in [0.4, 0.5) is 17.5 Å². The average molecular weight is 584 g/mol. The summed E-state index contributed by atoms with van der Waals surface area (Å²) in [6.45, 7) is 6.86. The molecule has 0 saturated carbocycles. The molecule has 1 atom stereocenters. The van der Waals surface area contributed by atoms with Gasteiger partial charge in [-0.2, -0.15) is 9.97 Å². The highest BCUT2D eigenvalue weighted by molar-refractivity contribution is 14.2. The van der Waals surface area contributed by atoms with E-state index in [4.69, 9.17) is 9.84 Å². The lowest BCUT2D eigenvalue weighted by Gasteiger charge is -2.21. The maximum Gasteiger partial charge on any atom is 0.303 e. The number of unbranched alkanes of at least 4 members (excludes halogenated alkanes) is 3. The molecular weight excluding hydrogens is 554 g/mol. The van der Waals surface area contributed by atoms with Crippen LogP contribution in [0.25, 0.3) is 11.2 Å². The highest BCUT2D eigenvalue weighted by Crippen LogP contribution is 2.32. The molecule has 2 aromatic heterocycles. The van der Waals surface area contributed by atoms with Crippen molar-refractivity contribution in [1.82, 2.24) is 19.3 Å². The summed E-state index contributed by atoms with van der Waals surface area (Å²) >= 11 is 2.31. The van der Waals surface area contributed by atoms with Gasteiger partial charge in [-0.05, 0) is 79.9 Å². The summed E-state index contributed by atoms with van der Waals surface area (Å²) < 4.78 is 7.80. The van der Waals surface area contributed by atoms with Crippen molar-refractivity contribution in [3.8, 4) is 5.75 Å². The van der Waals surface area contributed by atoms with Gasteiger partial charge in [0.1, 0.15) is 12.1 Å². The molecule has 0 aliphatic carbocycles. The number of hydrogen-bond donors (Lipinski definition) is 3. The second-order valence-electron chi connectivity index (χ2n) is 8.70. The molecule has 3 rings (SSSR count). The number of imidazole rings is 1. The Morgan fingerprint density at radius 2 is 1.88 bits per heavy atom. The van der Waals surface area contributed by atoms with E-state index in [9.17, 15) is 4.79 Å². The van der Waals surface area contributed by atoms with Crippen LogP contribution in [0.2, 0.25) is 0 Å². The van der Waals surface area contributed by atoms with Crippen molar-refractivity contribution in [3.63, 3.8) is 0 Å². The van der Waals surface area contributed by atoms with Crippen molar-refractivity contribution in [2.75, 3.05) is 17.2 Å². The van der Waals surface area contributed by atoms with Crippen LogP contribution in [0.1, 0.15) is 52.9 Å². The summed E-state index contributed by atoms with van der Waals surface area (Å²) in [6.07, 6.45) is 6.01. The normalized spacial score (nSPS) is 11.9. The Morgan fingerprint density at radius 3 is 2.55 bits per heavy atom. The summed E-state index contributed by atoms with van der Waals surface area (Å²) in [5.41, 5.74) is 2.24. The van der Waals surface area contributed by atoms with E-state index in [1.807, 2.05) is 28.6 Å². The van der Waals surface area contributed by atoms with Gasteiger partial charge in [-0.1, -0.05) is 12.8 Å². The number of hydrogen-bond acceptors (Lipinski definition) is 7. The minimum Gasteiger partial charge on any atom is -0.494 e. The number of nitrogens with zero attached hydrogens (tertiary/aromatic N) is 4. The summed E-state index contributed by atoms with van der Waals surface area (Å²) in [5, 5.41) is 15.4. The fourth-order valence-corrected chi connectivity index (χ4v) is 4.54. The van der Waals surface area contributed by atoms with Crippen molar-refractivity contribution in [2.45, 2.75) is 58.4 Å². The molecule has 11 heteroatoms. The van der Waals surface area contributed by atoms with Crippen LogP contribution in [-0.4, -0.2) is 42.5 Å². The zero-order valence-electron chi connectivity index (χ0n) is 19.1. The van der Waals surface area contributed by atoms with Crippen molar-refractivity contribution in [2.24, 2.45) is 0 Å². The van der Waals surface area contributed by atoms with Gasteiger partial charge < -0.3 is 20.5 Å².